The topological polar surface area (TPSA) is 82.7 Å². The van der Waals surface area contributed by atoms with Crippen LogP contribution in [-0.2, 0) is 5.75 Å². The molecule has 1 aromatic rings. The highest BCUT2D eigenvalue weighted by Crippen LogP contribution is 2.13. The molecule has 1 unspecified atom stereocenters. The van der Waals surface area contributed by atoms with Gasteiger partial charge >= 0.3 is 0 Å². The Morgan fingerprint density at radius 1 is 1.59 bits per heavy atom. The number of nitrogens with one attached hydrogen (secondary N) is 1. The van der Waals surface area contributed by atoms with E-state index in [0.717, 1.165) is 5.76 Å². The molecule has 1 rings (SSSR count). The molecule has 0 aliphatic rings. The van der Waals surface area contributed by atoms with Gasteiger partial charge in [0.1, 0.15) is 11.4 Å². The molecule has 0 saturated heterocycles. The van der Waals surface area contributed by atoms with Crippen molar-refractivity contribution in [2.45, 2.75) is 18.3 Å². The van der Waals surface area contributed by atoms with Crippen molar-refractivity contribution in [3.63, 3.8) is 0 Å². The molecule has 96 valence electrons. The monoisotopic (exact) mass is 259 g/mol. The minimum atomic E-state index is -1.32. The summed E-state index contributed by atoms with van der Waals surface area (Å²) in [7, 11) is 0. The van der Waals surface area contributed by atoms with E-state index in [9.17, 15) is 9.90 Å². The summed E-state index contributed by atoms with van der Waals surface area (Å²) in [6.45, 7) is 0.999. The quantitative estimate of drug-likeness (QED) is 0.697. The van der Waals surface area contributed by atoms with Gasteiger partial charge in [-0.15, -0.1) is 0 Å². The molecule has 0 fully saturated rings. The highest BCUT2D eigenvalue weighted by molar-refractivity contribution is 7.97. The second kappa shape index (κ2) is 6.09. The van der Waals surface area contributed by atoms with E-state index in [1.807, 2.05) is 6.26 Å². The Labute approximate surface area is 104 Å². The molecule has 1 atom stereocenters. The molecule has 0 aliphatic carbocycles. The van der Waals surface area contributed by atoms with Gasteiger partial charge in [0.25, 0.3) is 5.91 Å². The van der Waals surface area contributed by atoms with E-state index >= 15 is 0 Å². The van der Waals surface area contributed by atoms with E-state index in [0.29, 0.717) is 5.75 Å². The van der Waals surface area contributed by atoms with Crippen molar-refractivity contribution in [3.8, 4) is 0 Å². The second-order valence-corrected chi connectivity index (χ2v) is 4.90. The van der Waals surface area contributed by atoms with Gasteiger partial charge in [-0.1, -0.05) is 0 Å². The number of aliphatic hydroxyl groups is 2. The van der Waals surface area contributed by atoms with Crippen LogP contribution in [0.2, 0.25) is 0 Å². The molecule has 0 radical (unpaired) electrons. The number of carbonyl (C=O) groups is 1. The van der Waals surface area contributed by atoms with Crippen molar-refractivity contribution >= 4 is 17.7 Å². The molecule has 0 spiro atoms. The lowest BCUT2D eigenvalue weighted by molar-refractivity contribution is 0.00299. The zero-order valence-electron chi connectivity index (χ0n) is 9.90. The average Bonchev–Trinajstić information content (AvgIpc) is 2.75. The van der Waals surface area contributed by atoms with Crippen LogP contribution in [0.4, 0.5) is 0 Å². The first-order valence-electron chi connectivity index (χ1n) is 5.17. The maximum absolute atomic E-state index is 11.6. The average molecular weight is 259 g/mol. The van der Waals surface area contributed by atoms with Crippen molar-refractivity contribution in [3.05, 3.63) is 23.7 Å². The van der Waals surface area contributed by atoms with Crippen LogP contribution in [0.25, 0.3) is 0 Å². The van der Waals surface area contributed by atoms with E-state index in [1.165, 1.54) is 6.92 Å². The van der Waals surface area contributed by atoms with Crippen LogP contribution >= 0.6 is 11.8 Å². The van der Waals surface area contributed by atoms with Crippen LogP contribution in [0.1, 0.15) is 23.2 Å². The Kier molecular flexibility index (Phi) is 5.04. The summed E-state index contributed by atoms with van der Waals surface area (Å²) in [6.07, 6.45) is 1.95. The molecule has 1 aromatic heterocycles. The van der Waals surface area contributed by atoms with Crippen molar-refractivity contribution in [1.82, 2.24) is 5.32 Å². The van der Waals surface area contributed by atoms with Gasteiger partial charge in [-0.05, 0) is 25.3 Å². The van der Waals surface area contributed by atoms with Gasteiger partial charge < -0.3 is 19.9 Å². The number of hydrogen-bond donors (Lipinski definition) is 3. The van der Waals surface area contributed by atoms with Crippen molar-refractivity contribution in [2.75, 3.05) is 19.4 Å². The van der Waals surface area contributed by atoms with Gasteiger partial charge in [-0.25, -0.2) is 0 Å². The largest absolute Gasteiger partial charge is 0.455 e. The molecule has 0 bridgehead atoms. The van der Waals surface area contributed by atoms with E-state index in [-0.39, 0.29) is 12.3 Å². The number of furan rings is 1. The fourth-order valence-corrected chi connectivity index (χ4v) is 1.57. The second-order valence-electron chi connectivity index (χ2n) is 4.04. The van der Waals surface area contributed by atoms with Crippen LogP contribution in [0.3, 0.4) is 0 Å². The van der Waals surface area contributed by atoms with Crippen LogP contribution in [0.5, 0.6) is 0 Å². The van der Waals surface area contributed by atoms with Gasteiger partial charge in [0.05, 0.1) is 12.4 Å². The number of hydrogen-bond acceptors (Lipinski definition) is 5. The van der Waals surface area contributed by atoms with Gasteiger partial charge in [0, 0.05) is 6.54 Å². The van der Waals surface area contributed by atoms with Gasteiger partial charge in [-0.3, -0.25) is 4.79 Å². The fourth-order valence-electron chi connectivity index (χ4n) is 1.13. The molecular weight excluding hydrogens is 242 g/mol. The summed E-state index contributed by atoms with van der Waals surface area (Å²) in [6, 6.07) is 3.34. The summed E-state index contributed by atoms with van der Waals surface area (Å²) in [5.41, 5.74) is -1.32. The van der Waals surface area contributed by atoms with E-state index in [1.54, 1.807) is 23.9 Å². The molecule has 3 N–H and O–H groups in total. The Morgan fingerprint density at radius 3 is 2.88 bits per heavy atom. The number of aliphatic hydroxyl groups excluding tert-OH is 1. The first-order chi connectivity index (χ1) is 7.98. The van der Waals surface area contributed by atoms with Gasteiger partial charge in [0.2, 0.25) is 0 Å². The molecule has 17 heavy (non-hydrogen) atoms. The van der Waals surface area contributed by atoms with Crippen LogP contribution in [0, 0.1) is 0 Å². The van der Waals surface area contributed by atoms with Crippen molar-refractivity contribution in [2.24, 2.45) is 0 Å². The first kappa shape index (κ1) is 14.1. The summed E-state index contributed by atoms with van der Waals surface area (Å²) < 4.78 is 5.31. The van der Waals surface area contributed by atoms with Crippen LogP contribution in [0.15, 0.2) is 16.5 Å². The molecule has 1 amide bonds. The van der Waals surface area contributed by atoms with E-state index < -0.39 is 18.1 Å². The summed E-state index contributed by atoms with van der Waals surface area (Å²) >= 11 is 1.60. The van der Waals surface area contributed by atoms with Crippen molar-refractivity contribution in [1.29, 1.82) is 0 Å². The first-order valence-corrected chi connectivity index (χ1v) is 6.57. The molecular formula is C11H17NO4S. The molecule has 5 nitrogen and oxygen atoms in total. The molecule has 0 aromatic carbocycles. The highest BCUT2D eigenvalue weighted by Gasteiger charge is 2.21. The number of rotatable bonds is 6. The van der Waals surface area contributed by atoms with Crippen LogP contribution in [-0.4, -0.2) is 41.1 Å². The fraction of sp³-hybridized carbons (Fsp3) is 0.545. The third-order valence-corrected chi connectivity index (χ3v) is 2.72. The number of amides is 1. The highest BCUT2D eigenvalue weighted by atomic mass is 32.2. The van der Waals surface area contributed by atoms with E-state index in [4.69, 9.17) is 9.52 Å². The maximum Gasteiger partial charge on any atom is 0.287 e. The minimum Gasteiger partial charge on any atom is -0.455 e. The summed E-state index contributed by atoms with van der Waals surface area (Å²) in [5.74, 6) is 1.26. The normalized spacial score (nSPS) is 14.4. The standard InChI is InChI=1S/C11H17NO4S/c1-11(15,7-13)6-12-10(14)9-4-3-8(16-9)5-17-2/h3-4,13,15H,5-7H2,1-2H3,(H,12,14). The Bertz CT molecular complexity index is 375. The third kappa shape index (κ3) is 4.41. The lowest BCUT2D eigenvalue weighted by Crippen LogP contribution is -2.43. The van der Waals surface area contributed by atoms with Gasteiger partial charge in [-0.2, -0.15) is 11.8 Å². The lowest BCUT2D eigenvalue weighted by atomic mass is 10.1. The molecule has 6 heteroatoms. The maximum atomic E-state index is 11.6. The zero-order chi connectivity index (χ0) is 12.9. The Balaban J connectivity index is 2.52. The Hall–Kier alpha value is -0.980. The minimum absolute atomic E-state index is 0.0269. The number of carbonyl (C=O) groups excluding carboxylic acids is 1. The number of thioether (sulfide) groups is 1. The molecule has 0 aliphatic heterocycles. The molecule has 0 saturated carbocycles. The smallest absolute Gasteiger partial charge is 0.287 e. The van der Waals surface area contributed by atoms with Crippen molar-refractivity contribution < 1.29 is 19.4 Å². The SMILES string of the molecule is CSCc1ccc(C(=O)NCC(C)(O)CO)o1. The lowest BCUT2D eigenvalue weighted by Gasteiger charge is -2.20. The van der Waals surface area contributed by atoms with E-state index in [2.05, 4.69) is 5.32 Å². The van der Waals surface area contributed by atoms with Gasteiger partial charge in [0.15, 0.2) is 5.76 Å². The zero-order valence-corrected chi connectivity index (χ0v) is 10.7. The third-order valence-electron chi connectivity index (χ3n) is 2.14. The van der Waals surface area contributed by atoms with Crippen LogP contribution < -0.4 is 5.32 Å². The predicted molar refractivity (Wildman–Crippen MR) is 66.0 cm³/mol. The Morgan fingerprint density at radius 2 is 2.29 bits per heavy atom. The molecule has 1 heterocycles. The summed E-state index contributed by atoms with van der Waals surface area (Å²) in [5, 5.41) is 20.8. The summed E-state index contributed by atoms with van der Waals surface area (Å²) in [4.78, 5) is 11.6. The predicted octanol–water partition coefficient (Wildman–Crippen LogP) is 0.616.